The van der Waals surface area contributed by atoms with Crippen LogP contribution in [0.4, 0.5) is 17.3 Å². The highest BCUT2D eigenvalue weighted by Crippen LogP contribution is 2.26. The van der Waals surface area contributed by atoms with Crippen molar-refractivity contribution in [3.05, 3.63) is 41.2 Å². The summed E-state index contributed by atoms with van der Waals surface area (Å²) in [5.74, 6) is 0.987. The average molecular weight is 329 g/mol. The molecular formula is C17H23N5O2. The van der Waals surface area contributed by atoms with Gasteiger partial charge < -0.3 is 20.6 Å². The zero-order chi connectivity index (χ0) is 17.9. The van der Waals surface area contributed by atoms with E-state index in [2.05, 4.69) is 9.97 Å². The first kappa shape index (κ1) is 17.5. The number of carboxylic acid groups (broad SMARTS) is 1. The number of rotatable bonds is 6. The first-order valence-electron chi connectivity index (χ1n) is 7.58. The molecule has 0 radical (unpaired) electrons. The molecule has 1 heterocycles. The number of anilines is 3. The summed E-state index contributed by atoms with van der Waals surface area (Å²) in [5, 5.41) is 9.21. The van der Waals surface area contributed by atoms with E-state index in [0.717, 1.165) is 5.56 Å². The fourth-order valence-electron chi connectivity index (χ4n) is 2.45. The van der Waals surface area contributed by atoms with Gasteiger partial charge in [0.1, 0.15) is 17.5 Å². The summed E-state index contributed by atoms with van der Waals surface area (Å²) in [5.41, 5.74) is 8.08. The van der Waals surface area contributed by atoms with Crippen molar-refractivity contribution in [1.82, 2.24) is 9.97 Å². The third-order valence-corrected chi connectivity index (χ3v) is 3.53. The molecule has 2 rings (SSSR count). The van der Waals surface area contributed by atoms with Gasteiger partial charge in [-0.3, -0.25) is 4.79 Å². The number of benzene rings is 1. The Morgan fingerprint density at radius 2 is 1.54 bits per heavy atom. The fraction of sp³-hybridized carbons (Fsp3) is 0.353. The van der Waals surface area contributed by atoms with E-state index in [1.807, 2.05) is 62.3 Å². The molecule has 0 saturated carbocycles. The lowest BCUT2D eigenvalue weighted by Gasteiger charge is -2.22. The van der Waals surface area contributed by atoms with E-state index in [-0.39, 0.29) is 6.42 Å². The maximum Gasteiger partial charge on any atom is 0.308 e. The van der Waals surface area contributed by atoms with Crippen LogP contribution in [0.15, 0.2) is 24.3 Å². The Bertz CT molecular complexity index is 697. The molecule has 0 aliphatic rings. The Labute approximate surface area is 141 Å². The van der Waals surface area contributed by atoms with Crippen molar-refractivity contribution in [2.45, 2.75) is 12.8 Å². The minimum Gasteiger partial charge on any atom is -0.481 e. The topological polar surface area (TPSA) is 95.6 Å². The third-order valence-electron chi connectivity index (χ3n) is 3.53. The molecular weight excluding hydrogens is 306 g/mol. The monoisotopic (exact) mass is 329 g/mol. The summed E-state index contributed by atoms with van der Waals surface area (Å²) < 4.78 is 0. The zero-order valence-electron chi connectivity index (χ0n) is 14.4. The van der Waals surface area contributed by atoms with Crippen LogP contribution in [-0.4, -0.2) is 49.2 Å². The smallest absolute Gasteiger partial charge is 0.308 e. The molecule has 7 nitrogen and oxygen atoms in total. The van der Waals surface area contributed by atoms with Crippen molar-refractivity contribution >= 4 is 23.3 Å². The molecule has 0 bridgehead atoms. The predicted molar refractivity (Wildman–Crippen MR) is 95.7 cm³/mol. The van der Waals surface area contributed by atoms with E-state index in [4.69, 9.17) is 5.73 Å². The lowest BCUT2D eigenvalue weighted by molar-refractivity contribution is -0.136. The lowest BCUT2D eigenvalue weighted by atomic mass is 10.1. The molecule has 1 aromatic carbocycles. The number of nitrogens with zero attached hydrogens (tertiary/aromatic N) is 4. The number of aliphatic carboxylic acids is 1. The van der Waals surface area contributed by atoms with Crippen LogP contribution in [-0.2, 0) is 17.6 Å². The minimum absolute atomic E-state index is 0.122. The van der Waals surface area contributed by atoms with E-state index in [1.165, 1.54) is 0 Å². The van der Waals surface area contributed by atoms with Gasteiger partial charge in [-0.2, -0.15) is 0 Å². The zero-order valence-corrected chi connectivity index (χ0v) is 14.4. The highest BCUT2D eigenvalue weighted by Gasteiger charge is 2.20. The van der Waals surface area contributed by atoms with Gasteiger partial charge in [-0.15, -0.1) is 0 Å². The normalized spacial score (nSPS) is 10.5. The van der Waals surface area contributed by atoms with Crippen LogP contribution >= 0.6 is 0 Å². The standard InChI is InChI=1S/C17H23N5O2/c1-21(2)16-13(10-15(23)24)17(22(3)4)20-14(19-16)9-11-5-7-12(18)8-6-11/h5-8H,9-10,18H2,1-4H3,(H,23,24). The first-order valence-corrected chi connectivity index (χ1v) is 7.58. The van der Waals surface area contributed by atoms with Crippen molar-refractivity contribution in [2.24, 2.45) is 0 Å². The average Bonchev–Trinajstić information content (AvgIpc) is 2.49. The van der Waals surface area contributed by atoms with Crippen LogP contribution in [0.5, 0.6) is 0 Å². The van der Waals surface area contributed by atoms with Crippen LogP contribution < -0.4 is 15.5 Å². The molecule has 0 saturated heterocycles. The Morgan fingerprint density at radius 3 is 1.96 bits per heavy atom. The van der Waals surface area contributed by atoms with E-state index in [1.54, 1.807) is 0 Å². The first-order chi connectivity index (χ1) is 11.3. The second-order valence-electron chi connectivity index (χ2n) is 6.04. The van der Waals surface area contributed by atoms with Gasteiger partial charge in [-0.25, -0.2) is 9.97 Å². The van der Waals surface area contributed by atoms with Crippen molar-refractivity contribution in [3.63, 3.8) is 0 Å². The van der Waals surface area contributed by atoms with Crippen molar-refractivity contribution < 1.29 is 9.90 Å². The molecule has 1 aromatic heterocycles. The number of aromatic nitrogens is 2. The Balaban J connectivity index is 2.49. The maximum atomic E-state index is 11.2. The number of hydrogen-bond donors (Lipinski definition) is 2. The summed E-state index contributed by atoms with van der Waals surface area (Å²) >= 11 is 0. The Morgan fingerprint density at radius 1 is 1.04 bits per heavy atom. The van der Waals surface area contributed by atoms with Gasteiger partial charge in [0.05, 0.1) is 6.42 Å². The number of nitrogens with two attached hydrogens (primary N) is 1. The highest BCUT2D eigenvalue weighted by atomic mass is 16.4. The Hall–Kier alpha value is -2.83. The molecule has 0 amide bonds. The number of hydrogen-bond acceptors (Lipinski definition) is 6. The molecule has 3 N–H and O–H groups in total. The molecule has 0 spiro atoms. The van der Waals surface area contributed by atoms with Crippen molar-refractivity contribution in [1.29, 1.82) is 0 Å². The van der Waals surface area contributed by atoms with Crippen LogP contribution in [0.1, 0.15) is 17.0 Å². The van der Waals surface area contributed by atoms with Gasteiger partial charge >= 0.3 is 5.97 Å². The largest absolute Gasteiger partial charge is 0.481 e. The van der Waals surface area contributed by atoms with Gasteiger partial charge in [0.2, 0.25) is 0 Å². The number of carboxylic acids is 1. The Kier molecular flexibility index (Phi) is 5.23. The molecule has 0 unspecified atom stereocenters. The molecule has 0 aliphatic carbocycles. The summed E-state index contributed by atoms with van der Waals surface area (Å²) in [6.07, 6.45) is 0.429. The van der Waals surface area contributed by atoms with E-state index < -0.39 is 5.97 Å². The predicted octanol–water partition coefficient (Wildman–Crippen LogP) is 1.41. The van der Waals surface area contributed by atoms with Gasteiger partial charge in [-0.05, 0) is 17.7 Å². The molecule has 24 heavy (non-hydrogen) atoms. The van der Waals surface area contributed by atoms with E-state index >= 15 is 0 Å². The van der Waals surface area contributed by atoms with Gasteiger partial charge in [0.15, 0.2) is 0 Å². The molecule has 0 aliphatic heterocycles. The maximum absolute atomic E-state index is 11.2. The van der Waals surface area contributed by atoms with Crippen LogP contribution in [0, 0.1) is 0 Å². The second kappa shape index (κ2) is 7.16. The second-order valence-corrected chi connectivity index (χ2v) is 6.04. The third kappa shape index (κ3) is 4.13. The SMILES string of the molecule is CN(C)c1nc(Cc2ccc(N)cc2)nc(N(C)C)c1CC(=O)O. The number of nitrogen functional groups attached to an aromatic ring is 1. The minimum atomic E-state index is -0.906. The van der Waals surface area contributed by atoms with E-state index in [0.29, 0.717) is 35.1 Å². The molecule has 7 heteroatoms. The summed E-state index contributed by atoms with van der Waals surface area (Å²) in [4.78, 5) is 24.0. The van der Waals surface area contributed by atoms with Crippen molar-refractivity contribution in [3.8, 4) is 0 Å². The molecule has 0 atom stereocenters. The van der Waals surface area contributed by atoms with Crippen LogP contribution in [0.25, 0.3) is 0 Å². The van der Waals surface area contributed by atoms with Crippen LogP contribution in [0.3, 0.4) is 0 Å². The highest BCUT2D eigenvalue weighted by molar-refractivity contribution is 5.76. The van der Waals surface area contributed by atoms with Gasteiger partial charge in [0.25, 0.3) is 0 Å². The number of carbonyl (C=O) groups is 1. The quantitative estimate of drug-likeness (QED) is 0.774. The summed E-state index contributed by atoms with van der Waals surface area (Å²) in [7, 11) is 7.39. The van der Waals surface area contributed by atoms with Gasteiger partial charge in [0, 0.05) is 45.9 Å². The molecule has 0 fully saturated rings. The van der Waals surface area contributed by atoms with Crippen molar-refractivity contribution in [2.75, 3.05) is 43.7 Å². The molecule has 2 aromatic rings. The molecule has 128 valence electrons. The lowest BCUT2D eigenvalue weighted by Crippen LogP contribution is -2.22. The fourth-order valence-corrected chi connectivity index (χ4v) is 2.45. The summed E-state index contributed by atoms with van der Waals surface area (Å²) in [6.45, 7) is 0. The van der Waals surface area contributed by atoms with Gasteiger partial charge in [-0.1, -0.05) is 12.1 Å². The van der Waals surface area contributed by atoms with E-state index in [9.17, 15) is 9.90 Å². The van der Waals surface area contributed by atoms with Crippen LogP contribution in [0.2, 0.25) is 0 Å². The summed E-state index contributed by atoms with van der Waals surface area (Å²) in [6, 6.07) is 7.56.